The minimum atomic E-state index is -1.09. The van der Waals surface area contributed by atoms with E-state index in [0.29, 0.717) is 18.0 Å². The molecule has 0 bridgehead atoms. The molecule has 25 heavy (non-hydrogen) atoms. The summed E-state index contributed by atoms with van der Waals surface area (Å²) in [6.45, 7) is 0.501. The Balaban J connectivity index is 1.53. The van der Waals surface area contributed by atoms with Crippen LogP contribution in [0.2, 0.25) is 0 Å². The fourth-order valence-electron chi connectivity index (χ4n) is 2.71. The number of benzene rings is 1. The van der Waals surface area contributed by atoms with Gasteiger partial charge in [0.05, 0.1) is 6.54 Å². The molecule has 2 amide bonds. The predicted molar refractivity (Wildman–Crippen MR) is 92.7 cm³/mol. The maximum atomic E-state index is 12.1. The molecule has 1 aliphatic heterocycles. The fourth-order valence-corrected chi connectivity index (χ4v) is 3.42. The Morgan fingerprint density at radius 2 is 2.08 bits per heavy atom. The lowest BCUT2D eigenvalue weighted by Gasteiger charge is -2.29. The molecular weight excluding hydrogens is 342 g/mol. The summed E-state index contributed by atoms with van der Waals surface area (Å²) in [7, 11) is 0. The van der Waals surface area contributed by atoms with Gasteiger partial charge in [-0.25, -0.2) is 9.78 Å². The standard InChI is InChI=1S/C17H17N3O4S/c21-14(18-9-15-19-12(10-25-15)17(23)24)7-8-20-13-4-2-1-3-11(13)5-6-16(20)22/h1-4,10H,5-9H2,(H,18,21)(H,23,24). The molecule has 1 aromatic heterocycles. The third-order valence-corrected chi connectivity index (χ3v) is 4.81. The average Bonchev–Trinajstić information content (AvgIpc) is 3.08. The summed E-state index contributed by atoms with van der Waals surface area (Å²) in [4.78, 5) is 40.5. The maximum absolute atomic E-state index is 12.1. The van der Waals surface area contributed by atoms with Gasteiger partial charge >= 0.3 is 5.97 Å². The number of hydrogen-bond acceptors (Lipinski definition) is 5. The molecule has 0 fully saturated rings. The zero-order valence-electron chi connectivity index (χ0n) is 13.4. The number of fused-ring (bicyclic) bond motifs is 1. The van der Waals surface area contributed by atoms with Crippen molar-refractivity contribution in [1.82, 2.24) is 10.3 Å². The molecule has 0 unspecified atom stereocenters. The highest BCUT2D eigenvalue weighted by Gasteiger charge is 2.24. The number of carboxylic acids is 1. The van der Waals surface area contributed by atoms with Gasteiger partial charge in [-0.1, -0.05) is 18.2 Å². The summed E-state index contributed by atoms with van der Waals surface area (Å²) in [5.41, 5.74) is 1.97. The summed E-state index contributed by atoms with van der Waals surface area (Å²) < 4.78 is 0. The van der Waals surface area contributed by atoms with Crippen LogP contribution < -0.4 is 10.2 Å². The number of anilines is 1. The van der Waals surface area contributed by atoms with E-state index in [9.17, 15) is 14.4 Å². The van der Waals surface area contributed by atoms with Gasteiger partial charge in [0.25, 0.3) is 0 Å². The Labute approximate surface area is 148 Å². The zero-order valence-corrected chi connectivity index (χ0v) is 14.2. The molecule has 2 heterocycles. The second-order valence-corrected chi connectivity index (χ2v) is 6.58. The lowest BCUT2D eigenvalue weighted by atomic mass is 10.0. The largest absolute Gasteiger partial charge is 0.476 e. The molecule has 0 saturated carbocycles. The topological polar surface area (TPSA) is 99.6 Å². The molecule has 0 saturated heterocycles. The van der Waals surface area contributed by atoms with Crippen molar-refractivity contribution in [1.29, 1.82) is 0 Å². The van der Waals surface area contributed by atoms with Crippen LogP contribution in [0.5, 0.6) is 0 Å². The molecule has 3 rings (SSSR count). The second-order valence-electron chi connectivity index (χ2n) is 5.63. The number of carboxylic acid groups (broad SMARTS) is 1. The number of rotatable bonds is 6. The van der Waals surface area contributed by atoms with Gasteiger partial charge in [0.2, 0.25) is 11.8 Å². The van der Waals surface area contributed by atoms with Gasteiger partial charge in [0.1, 0.15) is 5.01 Å². The monoisotopic (exact) mass is 359 g/mol. The van der Waals surface area contributed by atoms with Crippen LogP contribution in [0.25, 0.3) is 0 Å². The van der Waals surface area contributed by atoms with Crippen molar-refractivity contribution in [3.05, 3.63) is 45.9 Å². The molecule has 0 spiro atoms. The molecule has 0 aliphatic carbocycles. The van der Waals surface area contributed by atoms with Crippen LogP contribution >= 0.6 is 11.3 Å². The number of aromatic carboxylic acids is 1. The van der Waals surface area contributed by atoms with Gasteiger partial charge in [-0.15, -0.1) is 11.3 Å². The first kappa shape index (κ1) is 17.1. The minimum Gasteiger partial charge on any atom is -0.476 e. The summed E-state index contributed by atoms with van der Waals surface area (Å²) in [6.07, 6.45) is 1.36. The quantitative estimate of drug-likeness (QED) is 0.820. The van der Waals surface area contributed by atoms with Crippen molar-refractivity contribution in [3.8, 4) is 0 Å². The van der Waals surface area contributed by atoms with Crippen LogP contribution in [0.1, 0.15) is 33.9 Å². The van der Waals surface area contributed by atoms with Gasteiger partial charge in [-0.05, 0) is 18.1 Å². The summed E-state index contributed by atoms with van der Waals surface area (Å²) in [5.74, 6) is -1.27. The van der Waals surface area contributed by atoms with E-state index in [1.807, 2.05) is 24.3 Å². The van der Waals surface area contributed by atoms with Crippen LogP contribution in [-0.2, 0) is 22.6 Å². The van der Waals surface area contributed by atoms with Crippen LogP contribution in [0, 0.1) is 0 Å². The van der Waals surface area contributed by atoms with Gasteiger partial charge in [0.15, 0.2) is 5.69 Å². The zero-order chi connectivity index (χ0) is 17.8. The Morgan fingerprint density at radius 1 is 1.28 bits per heavy atom. The van der Waals surface area contributed by atoms with E-state index in [1.54, 1.807) is 4.90 Å². The Bertz CT molecular complexity index is 818. The van der Waals surface area contributed by atoms with Crippen molar-refractivity contribution in [2.75, 3.05) is 11.4 Å². The van der Waals surface area contributed by atoms with Crippen molar-refractivity contribution in [2.45, 2.75) is 25.8 Å². The fraction of sp³-hybridized carbons (Fsp3) is 0.294. The smallest absolute Gasteiger partial charge is 0.355 e. The number of para-hydroxylation sites is 1. The first-order chi connectivity index (χ1) is 12.0. The molecule has 7 nitrogen and oxygen atoms in total. The Morgan fingerprint density at radius 3 is 2.84 bits per heavy atom. The number of nitrogens with one attached hydrogen (secondary N) is 1. The van der Waals surface area contributed by atoms with E-state index in [2.05, 4.69) is 10.3 Å². The third-order valence-electron chi connectivity index (χ3n) is 3.96. The maximum Gasteiger partial charge on any atom is 0.355 e. The first-order valence-electron chi connectivity index (χ1n) is 7.87. The molecule has 0 radical (unpaired) electrons. The number of nitrogens with zero attached hydrogens (tertiary/aromatic N) is 2. The van der Waals surface area contributed by atoms with E-state index < -0.39 is 5.97 Å². The lowest BCUT2D eigenvalue weighted by molar-refractivity contribution is -0.121. The van der Waals surface area contributed by atoms with Crippen LogP contribution in [0.4, 0.5) is 5.69 Å². The number of hydrogen-bond donors (Lipinski definition) is 2. The SMILES string of the molecule is O=C(CCN1C(=O)CCc2ccccc21)NCc1nc(C(=O)O)cs1. The average molecular weight is 359 g/mol. The second kappa shape index (κ2) is 7.43. The van der Waals surface area contributed by atoms with E-state index in [0.717, 1.165) is 17.7 Å². The Hall–Kier alpha value is -2.74. The number of aromatic nitrogens is 1. The highest BCUT2D eigenvalue weighted by atomic mass is 32.1. The molecule has 0 atom stereocenters. The molecule has 130 valence electrons. The van der Waals surface area contributed by atoms with E-state index >= 15 is 0 Å². The number of aryl methyl sites for hydroxylation is 1. The third kappa shape index (κ3) is 4.03. The Kier molecular flexibility index (Phi) is 5.08. The van der Waals surface area contributed by atoms with Crippen LogP contribution in [0.3, 0.4) is 0 Å². The van der Waals surface area contributed by atoms with E-state index in [-0.39, 0.29) is 30.5 Å². The number of amides is 2. The lowest BCUT2D eigenvalue weighted by Crippen LogP contribution is -2.38. The van der Waals surface area contributed by atoms with Crippen molar-refractivity contribution >= 4 is 34.8 Å². The van der Waals surface area contributed by atoms with Crippen LogP contribution in [-0.4, -0.2) is 34.4 Å². The highest BCUT2D eigenvalue weighted by molar-refractivity contribution is 7.09. The first-order valence-corrected chi connectivity index (χ1v) is 8.75. The molecule has 1 aromatic carbocycles. The summed E-state index contributed by atoms with van der Waals surface area (Å²) in [5, 5.41) is 13.5. The van der Waals surface area contributed by atoms with Crippen molar-refractivity contribution < 1.29 is 19.5 Å². The van der Waals surface area contributed by atoms with Crippen LogP contribution in [0.15, 0.2) is 29.6 Å². The van der Waals surface area contributed by atoms with Gasteiger partial charge < -0.3 is 15.3 Å². The van der Waals surface area contributed by atoms with E-state index in [1.165, 1.54) is 16.7 Å². The summed E-state index contributed by atoms with van der Waals surface area (Å²) in [6, 6.07) is 7.72. The summed E-state index contributed by atoms with van der Waals surface area (Å²) >= 11 is 1.19. The molecule has 2 N–H and O–H groups in total. The number of thiazole rings is 1. The number of carbonyl (C=O) groups is 3. The molecular formula is C17H17N3O4S. The normalized spacial score (nSPS) is 13.4. The van der Waals surface area contributed by atoms with Gasteiger partial charge in [0, 0.05) is 30.5 Å². The highest BCUT2D eigenvalue weighted by Crippen LogP contribution is 2.27. The van der Waals surface area contributed by atoms with Crippen molar-refractivity contribution in [3.63, 3.8) is 0 Å². The van der Waals surface area contributed by atoms with Crippen molar-refractivity contribution in [2.24, 2.45) is 0 Å². The van der Waals surface area contributed by atoms with E-state index in [4.69, 9.17) is 5.11 Å². The van der Waals surface area contributed by atoms with Gasteiger partial charge in [-0.2, -0.15) is 0 Å². The minimum absolute atomic E-state index is 0.0234. The molecule has 2 aromatic rings. The predicted octanol–water partition coefficient (Wildman–Crippen LogP) is 1.83. The molecule has 8 heteroatoms. The van der Waals surface area contributed by atoms with Gasteiger partial charge in [-0.3, -0.25) is 9.59 Å². The molecule has 1 aliphatic rings. The number of carbonyl (C=O) groups excluding carboxylic acids is 2.